The monoisotopic (exact) mass is 701 g/mol. The summed E-state index contributed by atoms with van der Waals surface area (Å²) in [7, 11) is -5.99. The van der Waals surface area contributed by atoms with E-state index in [-0.39, 0.29) is 47.7 Å². The van der Waals surface area contributed by atoms with Gasteiger partial charge in [0.05, 0.1) is 56.2 Å². The van der Waals surface area contributed by atoms with E-state index in [1.54, 1.807) is 48.5 Å². The number of carbonyl (C=O) groups is 2. The van der Waals surface area contributed by atoms with Crippen LogP contribution in [0.1, 0.15) is 43.0 Å². The minimum atomic E-state index is -3.60. The average Bonchev–Trinajstić information content (AvgIpc) is 3.03. The molecule has 0 spiro atoms. The molecule has 0 amide bonds. The topological polar surface area (TPSA) is 144 Å². The first kappa shape index (κ1) is 37.8. The number of Topliss-reactive ketones (excluding diaryl/α,β-unsaturated/α-hetero) is 1. The summed E-state index contributed by atoms with van der Waals surface area (Å²) >= 11 is 0. The lowest BCUT2D eigenvalue weighted by Gasteiger charge is -2.23. The van der Waals surface area contributed by atoms with E-state index >= 15 is 0 Å². The van der Waals surface area contributed by atoms with Gasteiger partial charge in [0.15, 0.2) is 5.78 Å². The molecule has 4 aromatic rings. The molecule has 0 saturated carbocycles. The molecule has 10 nitrogen and oxygen atoms in total. The first-order chi connectivity index (χ1) is 22.4. The van der Waals surface area contributed by atoms with Crippen LogP contribution in [0, 0.1) is 25.5 Å². The number of carbonyl (C=O) groups excluding carboxylic acids is 2. The van der Waals surface area contributed by atoms with Crippen LogP contribution in [0.15, 0.2) is 84.9 Å². The Bertz CT molecular complexity index is 1840. The van der Waals surface area contributed by atoms with Crippen LogP contribution in [0.25, 0.3) is 0 Å². The van der Waals surface area contributed by atoms with Gasteiger partial charge in [0.25, 0.3) is 0 Å². The molecule has 0 fully saturated rings. The number of esters is 1. The van der Waals surface area contributed by atoms with Crippen LogP contribution in [0.4, 0.5) is 20.2 Å². The van der Waals surface area contributed by atoms with Gasteiger partial charge in [0, 0.05) is 16.7 Å². The minimum absolute atomic E-state index is 0.0694. The fourth-order valence-corrected chi connectivity index (χ4v) is 6.18. The van der Waals surface area contributed by atoms with Crippen LogP contribution < -0.4 is 14.3 Å². The standard InChI is InChI=1S/C17H19FN2O3S.C17H18FNO4S/c1-12-3-7-15(8-4-12)20(24(2,22)23)11-14-6-5-13(9-16(14)18)17(21)10-19;1-12-4-8-15(9-5-12)19(24(3,21)22)11-14-7-6-13(10-16(14)18)17(20)23-2/h3-9H,10-11,19H2,1-2H3;4-10H,11H2,1-3H3. The van der Waals surface area contributed by atoms with Gasteiger partial charge in [-0.15, -0.1) is 0 Å². The summed E-state index contributed by atoms with van der Waals surface area (Å²) in [5, 5.41) is 0. The number of ketones is 1. The van der Waals surface area contributed by atoms with Crippen molar-refractivity contribution in [3.05, 3.63) is 130 Å². The van der Waals surface area contributed by atoms with Crippen LogP contribution in [-0.2, 0) is 37.9 Å². The first-order valence-electron chi connectivity index (χ1n) is 14.4. The number of anilines is 2. The van der Waals surface area contributed by atoms with Gasteiger partial charge in [-0.05, 0) is 56.3 Å². The van der Waals surface area contributed by atoms with E-state index in [4.69, 9.17) is 5.73 Å². The number of hydrogen-bond donors (Lipinski definition) is 1. The Morgan fingerprint density at radius 1 is 0.667 bits per heavy atom. The molecule has 2 N–H and O–H groups in total. The zero-order chi connectivity index (χ0) is 35.8. The molecule has 48 heavy (non-hydrogen) atoms. The van der Waals surface area contributed by atoms with Gasteiger partial charge in [0.1, 0.15) is 11.6 Å². The van der Waals surface area contributed by atoms with Gasteiger partial charge < -0.3 is 10.5 Å². The smallest absolute Gasteiger partial charge is 0.337 e. The highest BCUT2D eigenvalue weighted by molar-refractivity contribution is 7.92. The Labute approximate surface area is 279 Å². The van der Waals surface area contributed by atoms with Gasteiger partial charge in [-0.3, -0.25) is 13.4 Å². The number of sulfonamides is 2. The molecule has 0 bridgehead atoms. The molecule has 0 saturated heterocycles. The molecule has 0 aromatic heterocycles. The van der Waals surface area contributed by atoms with Crippen LogP contribution in [-0.4, -0.2) is 54.8 Å². The van der Waals surface area contributed by atoms with Gasteiger partial charge in [-0.25, -0.2) is 30.4 Å². The summed E-state index contributed by atoms with van der Waals surface area (Å²) in [5.41, 5.74) is 8.70. The Balaban J connectivity index is 0.000000260. The number of ether oxygens (including phenoxy) is 1. The van der Waals surface area contributed by atoms with Crippen molar-refractivity contribution in [2.75, 3.05) is 34.8 Å². The van der Waals surface area contributed by atoms with Crippen molar-refractivity contribution in [1.82, 2.24) is 0 Å². The van der Waals surface area contributed by atoms with E-state index in [0.717, 1.165) is 44.4 Å². The van der Waals surface area contributed by atoms with Crippen molar-refractivity contribution >= 4 is 43.2 Å². The quantitative estimate of drug-likeness (QED) is 0.168. The number of benzene rings is 4. The molecule has 0 aliphatic carbocycles. The third-order valence-corrected chi connectivity index (χ3v) is 9.39. The van der Waals surface area contributed by atoms with Crippen LogP contribution in [0.5, 0.6) is 0 Å². The number of aryl methyl sites for hydroxylation is 2. The Kier molecular flexibility index (Phi) is 12.6. The second kappa shape index (κ2) is 16.0. The summed E-state index contributed by atoms with van der Waals surface area (Å²) in [6.07, 6.45) is 2.13. The summed E-state index contributed by atoms with van der Waals surface area (Å²) in [6, 6.07) is 21.6. The molecule has 4 aromatic carbocycles. The molecule has 0 heterocycles. The van der Waals surface area contributed by atoms with Crippen molar-refractivity contribution in [1.29, 1.82) is 0 Å². The molecule has 0 aliphatic heterocycles. The lowest BCUT2D eigenvalue weighted by molar-refractivity contribution is 0.0600. The molecule has 256 valence electrons. The highest BCUT2D eigenvalue weighted by atomic mass is 32.2. The fraction of sp³-hybridized carbons (Fsp3) is 0.235. The van der Waals surface area contributed by atoms with Gasteiger partial charge in [-0.2, -0.15) is 0 Å². The van der Waals surface area contributed by atoms with Crippen LogP contribution in [0.3, 0.4) is 0 Å². The van der Waals surface area contributed by atoms with E-state index in [9.17, 15) is 35.2 Å². The Morgan fingerprint density at radius 2 is 1.04 bits per heavy atom. The number of rotatable bonds is 11. The third kappa shape index (κ3) is 10.2. The fourth-order valence-electron chi connectivity index (χ4n) is 4.42. The molecule has 4 rings (SSSR count). The predicted molar refractivity (Wildman–Crippen MR) is 182 cm³/mol. The summed E-state index contributed by atoms with van der Waals surface area (Å²) in [6.45, 7) is 3.23. The Morgan fingerprint density at radius 3 is 1.38 bits per heavy atom. The number of nitrogens with two attached hydrogens (primary N) is 1. The molecular weight excluding hydrogens is 665 g/mol. The second-order valence-electron chi connectivity index (χ2n) is 10.9. The summed E-state index contributed by atoms with van der Waals surface area (Å²) in [5.74, 6) is -2.34. The maximum absolute atomic E-state index is 14.3. The molecule has 0 radical (unpaired) electrons. The lowest BCUT2D eigenvalue weighted by Crippen LogP contribution is -2.29. The normalized spacial score (nSPS) is 11.2. The second-order valence-corrected chi connectivity index (χ2v) is 14.8. The molecule has 14 heteroatoms. The zero-order valence-corrected chi connectivity index (χ0v) is 28.7. The molecule has 0 atom stereocenters. The molecule has 0 aliphatic rings. The van der Waals surface area contributed by atoms with Crippen molar-refractivity contribution in [3.8, 4) is 0 Å². The highest BCUT2D eigenvalue weighted by Gasteiger charge is 2.21. The van der Waals surface area contributed by atoms with Gasteiger partial charge in [0.2, 0.25) is 20.0 Å². The lowest BCUT2D eigenvalue weighted by atomic mass is 10.1. The zero-order valence-electron chi connectivity index (χ0n) is 27.1. The van der Waals surface area contributed by atoms with Gasteiger partial charge in [-0.1, -0.05) is 53.6 Å². The largest absolute Gasteiger partial charge is 0.465 e. The maximum atomic E-state index is 14.3. The number of nitrogens with zero attached hydrogens (tertiary/aromatic N) is 2. The molecular formula is C34H37F2N3O7S2. The average molecular weight is 702 g/mol. The van der Waals surface area contributed by atoms with Crippen molar-refractivity contribution < 1.29 is 39.9 Å². The third-order valence-electron chi connectivity index (χ3n) is 7.11. The van der Waals surface area contributed by atoms with Crippen molar-refractivity contribution in [2.24, 2.45) is 5.73 Å². The summed E-state index contributed by atoms with van der Waals surface area (Å²) < 4.78 is 83.6. The first-order valence-corrected chi connectivity index (χ1v) is 18.1. The Hall–Kier alpha value is -4.66. The summed E-state index contributed by atoms with van der Waals surface area (Å²) in [4.78, 5) is 22.9. The van der Waals surface area contributed by atoms with Gasteiger partial charge >= 0.3 is 5.97 Å². The number of methoxy groups -OCH3 is 1. The van der Waals surface area contributed by atoms with Crippen LogP contribution in [0.2, 0.25) is 0 Å². The van der Waals surface area contributed by atoms with E-state index < -0.39 is 37.7 Å². The maximum Gasteiger partial charge on any atom is 0.337 e. The van der Waals surface area contributed by atoms with Crippen molar-refractivity contribution in [3.63, 3.8) is 0 Å². The SMILES string of the molecule is COC(=O)c1ccc(CN(c2ccc(C)cc2)S(C)(=O)=O)c(F)c1.Cc1ccc(N(Cc2ccc(C(=O)CN)cc2F)S(C)(=O)=O)cc1. The predicted octanol–water partition coefficient (Wildman–Crippen LogP) is 5.13. The molecule has 0 unspecified atom stereocenters. The van der Waals surface area contributed by atoms with E-state index in [1.165, 1.54) is 31.4 Å². The van der Waals surface area contributed by atoms with E-state index in [1.807, 2.05) is 13.8 Å². The van der Waals surface area contributed by atoms with E-state index in [0.29, 0.717) is 11.4 Å². The van der Waals surface area contributed by atoms with Crippen LogP contribution >= 0.6 is 0 Å². The number of halogens is 2. The van der Waals surface area contributed by atoms with Crippen molar-refractivity contribution in [2.45, 2.75) is 26.9 Å². The highest BCUT2D eigenvalue weighted by Crippen LogP contribution is 2.24. The number of hydrogen-bond acceptors (Lipinski definition) is 8. The van der Waals surface area contributed by atoms with E-state index in [2.05, 4.69) is 4.74 Å². The minimum Gasteiger partial charge on any atom is -0.465 e.